The first-order valence-corrected chi connectivity index (χ1v) is 9.80. The molecule has 0 radical (unpaired) electrons. The van der Waals surface area contributed by atoms with Crippen molar-refractivity contribution in [1.29, 1.82) is 0 Å². The molecule has 5 nitrogen and oxygen atoms in total. The molecule has 5 heteroatoms. The standard InChI is InChI=1S/C23H25N3O2/c1-16(27)22-23(19-9-5-6-10-20(19)24-22)25-21(28)15-26-13-11-18(12-14-26)17-7-3-2-4-8-17/h2-10,18,24H,11-15H2,1H3,(H,25,28). The molecule has 1 fully saturated rings. The van der Waals surface area contributed by atoms with Crippen molar-refractivity contribution in [2.24, 2.45) is 0 Å². The Morgan fingerprint density at radius 1 is 1.04 bits per heavy atom. The monoisotopic (exact) mass is 375 g/mol. The van der Waals surface area contributed by atoms with Gasteiger partial charge in [-0.3, -0.25) is 14.5 Å². The van der Waals surface area contributed by atoms with Crippen molar-refractivity contribution in [3.05, 3.63) is 65.9 Å². The predicted molar refractivity (Wildman–Crippen MR) is 112 cm³/mol. The van der Waals surface area contributed by atoms with Crippen LogP contribution >= 0.6 is 0 Å². The summed E-state index contributed by atoms with van der Waals surface area (Å²) in [5.74, 6) is 0.402. The van der Waals surface area contributed by atoms with Crippen LogP contribution in [0.25, 0.3) is 10.9 Å². The second kappa shape index (κ2) is 7.98. The lowest BCUT2D eigenvalue weighted by Gasteiger charge is -2.31. The summed E-state index contributed by atoms with van der Waals surface area (Å²) in [6, 6.07) is 18.2. The summed E-state index contributed by atoms with van der Waals surface area (Å²) in [5.41, 5.74) is 3.28. The van der Waals surface area contributed by atoms with Gasteiger partial charge in [0.25, 0.3) is 0 Å². The van der Waals surface area contributed by atoms with Crippen LogP contribution in [-0.4, -0.2) is 41.2 Å². The fraction of sp³-hybridized carbons (Fsp3) is 0.304. The number of carbonyl (C=O) groups is 2. The molecule has 0 bridgehead atoms. The van der Waals surface area contributed by atoms with E-state index in [1.165, 1.54) is 12.5 Å². The van der Waals surface area contributed by atoms with Gasteiger partial charge in [-0.1, -0.05) is 48.5 Å². The van der Waals surface area contributed by atoms with Crippen molar-refractivity contribution >= 4 is 28.3 Å². The zero-order valence-corrected chi connectivity index (χ0v) is 16.1. The number of Topliss-reactive ketones (excluding diaryl/α,β-unsaturated/α-hetero) is 1. The van der Waals surface area contributed by atoms with E-state index in [1.807, 2.05) is 30.3 Å². The molecule has 1 aliphatic heterocycles. The maximum absolute atomic E-state index is 12.7. The third-order valence-electron chi connectivity index (χ3n) is 5.55. The maximum atomic E-state index is 12.7. The van der Waals surface area contributed by atoms with Gasteiger partial charge in [0.15, 0.2) is 5.78 Å². The van der Waals surface area contributed by atoms with Crippen molar-refractivity contribution in [3.63, 3.8) is 0 Å². The van der Waals surface area contributed by atoms with Crippen molar-refractivity contribution < 1.29 is 9.59 Å². The summed E-state index contributed by atoms with van der Waals surface area (Å²) in [6.45, 7) is 3.66. The van der Waals surface area contributed by atoms with E-state index in [-0.39, 0.29) is 11.7 Å². The van der Waals surface area contributed by atoms with Gasteiger partial charge in [0, 0.05) is 17.8 Å². The first-order valence-electron chi connectivity index (χ1n) is 9.80. The molecule has 2 aromatic carbocycles. The van der Waals surface area contributed by atoms with Crippen molar-refractivity contribution in [3.8, 4) is 0 Å². The van der Waals surface area contributed by atoms with Crippen LogP contribution in [0.5, 0.6) is 0 Å². The Morgan fingerprint density at radius 2 is 1.71 bits per heavy atom. The zero-order chi connectivity index (χ0) is 19.5. The quantitative estimate of drug-likeness (QED) is 0.657. The summed E-state index contributed by atoms with van der Waals surface area (Å²) in [7, 11) is 0. The number of para-hydroxylation sites is 1. The highest BCUT2D eigenvalue weighted by molar-refractivity contribution is 6.12. The van der Waals surface area contributed by atoms with E-state index in [4.69, 9.17) is 0 Å². The van der Waals surface area contributed by atoms with Crippen LogP contribution in [0.3, 0.4) is 0 Å². The number of benzene rings is 2. The highest BCUT2D eigenvalue weighted by Crippen LogP contribution is 2.29. The Kier molecular flexibility index (Phi) is 5.26. The van der Waals surface area contributed by atoms with Crippen LogP contribution in [-0.2, 0) is 4.79 Å². The first-order chi connectivity index (χ1) is 13.6. The number of nitrogens with zero attached hydrogens (tertiary/aromatic N) is 1. The molecule has 144 valence electrons. The Morgan fingerprint density at radius 3 is 2.43 bits per heavy atom. The number of rotatable bonds is 5. The molecule has 2 heterocycles. The lowest BCUT2D eigenvalue weighted by molar-refractivity contribution is -0.117. The molecule has 0 saturated carbocycles. The first kappa shape index (κ1) is 18.4. The number of H-pyrrole nitrogens is 1. The molecule has 0 atom stereocenters. The third kappa shape index (κ3) is 3.85. The molecule has 1 saturated heterocycles. The van der Waals surface area contributed by atoms with Crippen LogP contribution in [0.2, 0.25) is 0 Å². The van der Waals surface area contributed by atoms with E-state index in [0.29, 0.717) is 23.8 Å². The lowest BCUT2D eigenvalue weighted by Crippen LogP contribution is -2.38. The Hall–Kier alpha value is -2.92. The summed E-state index contributed by atoms with van der Waals surface area (Å²) in [5, 5.41) is 3.84. The minimum absolute atomic E-state index is 0.0783. The molecule has 1 amide bonds. The summed E-state index contributed by atoms with van der Waals surface area (Å²) in [4.78, 5) is 30.0. The van der Waals surface area contributed by atoms with Crippen LogP contribution in [0.15, 0.2) is 54.6 Å². The van der Waals surface area contributed by atoms with Crippen LogP contribution < -0.4 is 5.32 Å². The van der Waals surface area contributed by atoms with E-state index in [1.54, 1.807) is 0 Å². The molecule has 1 aliphatic rings. The minimum atomic E-state index is -0.0878. The number of hydrogen-bond donors (Lipinski definition) is 2. The number of likely N-dealkylation sites (tertiary alicyclic amines) is 1. The highest BCUT2D eigenvalue weighted by Gasteiger charge is 2.23. The summed E-state index contributed by atoms with van der Waals surface area (Å²) in [6.07, 6.45) is 2.12. The van der Waals surface area contributed by atoms with Crippen molar-refractivity contribution in [1.82, 2.24) is 9.88 Å². The molecule has 0 unspecified atom stereocenters. The minimum Gasteiger partial charge on any atom is -0.350 e. The average Bonchev–Trinajstić information content (AvgIpc) is 3.08. The normalized spacial score (nSPS) is 15.6. The van der Waals surface area contributed by atoms with Gasteiger partial charge in [-0.05, 0) is 43.5 Å². The Balaban J connectivity index is 1.40. The van der Waals surface area contributed by atoms with Gasteiger partial charge >= 0.3 is 0 Å². The predicted octanol–water partition coefficient (Wildman–Crippen LogP) is 4.19. The average molecular weight is 375 g/mol. The van der Waals surface area contributed by atoms with Crippen molar-refractivity contribution in [2.45, 2.75) is 25.7 Å². The van der Waals surface area contributed by atoms with E-state index in [2.05, 4.69) is 39.5 Å². The van der Waals surface area contributed by atoms with Gasteiger partial charge in [0.1, 0.15) is 5.69 Å². The van der Waals surface area contributed by atoms with Gasteiger partial charge in [0.05, 0.1) is 12.2 Å². The van der Waals surface area contributed by atoms with Gasteiger partial charge in [-0.25, -0.2) is 0 Å². The molecular weight excluding hydrogens is 350 g/mol. The number of nitrogens with one attached hydrogen (secondary N) is 2. The second-order valence-corrected chi connectivity index (χ2v) is 7.49. The third-order valence-corrected chi connectivity index (χ3v) is 5.55. The SMILES string of the molecule is CC(=O)c1[nH]c2ccccc2c1NC(=O)CN1CCC(c2ccccc2)CC1. The largest absolute Gasteiger partial charge is 0.350 e. The number of fused-ring (bicyclic) bond motifs is 1. The van der Waals surface area contributed by atoms with E-state index < -0.39 is 0 Å². The number of carbonyl (C=O) groups excluding carboxylic acids is 2. The molecule has 1 aromatic heterocycles. The molecular formula is C23H25N3O2. The number of aromatic amines is 1. The molecule has 3 aromatic rings. The highest BCUT2D eigenvalue weighted by atomic mass is 16.2. The van der Waals surface area contributed by atoms with Crippen LogP contribution in [0.1, 0.15) is 41.7 Å². The number of amides is 1. The smallest absolute Gasteiger partial charge is 0.238 e. The maximum Gasteiger partial charge on any atom is 0.238 e. The molecule has 2 N–H and O–H groups in total. The number of piperidine rings is 1. The summed E-state index contributed by atoms with van der Waals surface area (Å²) >= 11 is 0. The van der Waals surface area contributed by atoms with Crippen molar-refractivity contribution in [2.75, 3.05) is 25.0 Å². The van der Waals surface area contributed by atoms with Gasteiger partial charge in [-0.15, -0.1) is 0 Å². The van der Waals surface area contributed by atoms with Gasteiger partial charge < -0.3 is 10.3 Å². The van der Waals surface area contributed by atoms with E-state index >= 15 is 0 Å². The Bertz CT molecular complexity index is 986. The second-order valence-electron chi connectivity index (χ2n) is 7.49. The number of ketones is 1. The summed E-state index contributed by atoms with van der Waals surface area (Å²) < 4.78 is 0. The molecule has 28 heavy (non-hydrogen) atoms. The molecule has 0 aliphatic carbocycles. The molecule has 0 spiro atoms. The number of anilines is 1. The van der Waals surface area contributed by atoms with E-state index in [0.717, 1.165) is 36.8 Å². The zero-order valence-electron chi connectivity index (χ0n) is 16.1. The van der Waals surface area contributed by atoms with E-state index in [9.17, 15) is 9.59 Å². The van der Waals surface area contributed by atoms with Crippen LogP contribution in [0.4, 0.5) is 5.69 Å². The molecule has 4 rings (SSSR count). The van der Waals surface area contributed by atoms with Gasteiger partial charge in [-0.2, -0.15) is 0 Å². The Labute approximate surface area is 164 Å². The van der Waals surface area contributed by atoms with Gasteiger partial charge in [0.2, 0.25) is 5.91 Å². The number of aromatic nitrogens is 1. The fourth-order valence-corrected chi connectivity index (χ4v) is 4.07. The number of hydrogen-bond acceptors (Lipinski definition) is 3. The van der Waals surface area contributed by atoms with Crippen LogP contribution in [0, 0.1) is 0 Å². The fourth-order valence-electron chi connectivity index (χ4n) is 4.07. The lowest BCUT2D eigenvalue weighted by atomic mass is 9.89. The topological polar surface area (TPSA) is 65.2 Å².